The van der Waals surface area contributed by atoms with Crippen LogP contribution in [-0.4, -0.2) is 37.1 Å². The molecule has 3 nitrogen and oxygen atoms in total. The van der Waals surface area contributed by atoms with Gasteiger partial charge in [-0.15, -0.1) is 0 Å². The highest BCUT2D eigenvalue weighted by Gasteiger charge is 2.29. The van der Waals surface area contributed by atoms with E-state index in [2.05, 4.69) is 34.9 Å². The normalized spacial score (nSPS) is 24.3. The molecule has 1 atom stereocenters. The lowest BCUT2D eigenvalue weighted by Crippen LogP contribution is -2.36. The van der Waals surface area contributed by atoms with Crippen LogP contribution in [0.25, 0.3) is 0 Å². The van der Waals surface area contributed by atoms with Crippen molar-refractivity contribution in [2.75, 3.05) is 31.1 Å². The zero-order valence-corrected chi connectivity index (χ0v) is 11.9. The van der Waals surface area contributed by atoms with Gasteiger partial charge in [-0.1, -0.05) is 12.1 Å². The van der Waals surface area contributed by atoms with Crippen LogP contribution in [0, 0.1) is 6.92 Å². The zero-order chi connectivity index (χ0) is 13.2. The van der Waals surface area contributed by atoms with Gasteiger partial charge in [-0.05, 0) is 49.9 Å². The van der Waals surface area contributed by atoms with Crippen LogP contribution >= 0.6 is 0 Å². The molecule has 104 valence electrons. The van der Waals surface area contributed by atoms with Gasteiger partial charge in [0.05, 0.1) is 0 Å². The number of nitrogens with zero attached hydrogens (tertiary/aromatic N) is 2. The minimum absolute atomic E-state index is 0.636. The maximum Gasteiger partial charge on any atom is 0.0396 e. The Morgan fingerprint density at radius 2 is 2.05 bits per heavy atom. The Hall–Kier alpha value is -1.06. The van der Waals surface area contributed by atoms with Crippen LogP contribution in [0.1, 0.15) is 30.4 Å². The van der Waals surface area contributed by atoms with Gasteiger partial charge in [0.25, 0.3) is 0 Å². The Morgan fingerprint density at radius 3 is 2.84 bits per heavy atom. The van der Waals surface area contributed by atoms with Crippen molar-refractivity contribution < 1.29 is 0 Å². The summed E-state index contributed by atoms with van der Waals surface area (Å²) >= 11 is 0. The highest BCUT2D eigenvalue weighted by atomic mass is 15.3. The summed E-state index contributed by atoms with van der Waals surface area (Å²) in [4.78, 5) is 5.27. The van der Waals surface area contributed by atoms with Gasteiger partial charge in [-0.25, -0.2) is 0 Å². The molecule has 2 aliphatic rings. The maximum atomic E-state index is 5.72. The second-order valence-electron chi connectivity index (χ2n) is 5.96. The third kappa shape index (κ3) is 2.63. The molecule has 2 aliphatic heterocycles. The van der Waals surface area contributed by atoms with Crippen LogP contribution in [0.15, 0.2) is 18.2 Å². The topological polar surface area (TPSA) is 32.5 Å². The van der Waals surface area contributed by atoms with E-state index in [4.69, 9.17) is 5.73 Å². The summed E-state index contributed by atoms with van der Waals surface area (Å²) in [5.74, 6) is 0. The lowest BCUT2D eigenvalue weighted by atomic mass is 10.1. The van der Waals surface area contributed by atoms with Crippen molar-refractivity contribution >= 4 is 5.69 Å². The second kappa shape index (κ2) is 5.51. The standard InChI is InChI=1S/C16H25N3/c1-13-10-14(11-17)5-6-16(13)19-9-3-8-18-7-2-4-15(18)12-19/h5-6,10,15H,2-4,7-9,11-12,17H2,1H3. The highest BCUT2D eigenvalue weighted by molar-refractivity contribution is 5.54. The molecule has 0 bridgehead atoms. The van der Waals surface area contributed by atoms with Crippen molar-refractivity contribution in [1.29, 1.82) is 0 Å². The molecule has 0 radical (unpaired) electrons. The molecule has 0 amide bonds. The molecule has 0 saturated carbocycles. The zero-order valence-electron chi connectivity index (χ0n) is 11.9. The van der Waals surface area contributed by atoms with Gasteiger partial charge in [0, 0.05) is 37.9 Å². The Bertz CT molecular complexity index is 444. The summed E-state index contributed by atoms with van der Waals surface area (Å²) in [6, 6.07) is 7.46. The molecule has 0 aromatic heterocycles. The first-order chi connectivity index (χ1) is 9.28. The van der Waals surface area contributed by atoms with Gasteiger partial charge in [0.2, 0.25) is 0 Å². The summed E-state index contributed by atoms with van der Waals surface area (Å²) < 4.78 is 0. The fourth-order valence-electron chi connectivity index (χ4n) is 3.62. The fourth-order valence-corrected chi connectivity index (χ4v) is 3.62. The Morgan fingerprint density at radius 1 is 1.21 bits per heavy atom. The Kier molecular flexibility index (Phi) is 3.76. The molecule has 1 unspecified atom stereocenters. The minimum Gasteiger partial charge on any atom is -0.370 e. The second-order valence-corrected chi connectivity index (χ2v) is 5.96. The number of aryl methyl sites for hydroxylation is 1. The van der Waals surface area contributed by atoms with Gasteiger partial charge in [-0.3, -0.25) is 4.90 Å². The van der Waals surface area contributed by atoms with E-state index in [9.17, 15) is 0 Å². The van der Waals surface area contributed by atoms with Gasteiger partial charge >= 0.3 is 0 Å². The van der Waals surface area contributed by atoms with Crippen molar-refractivity contribution in [3.05, 3.63) is 29.3 Å². The predicted octanol–water partition coefficient (Wildman–Crippen LogP) is 2.13. The van der Waals surface area contributed by atoms with E-state index in [1.807, 2.05) is 0 Å². The molecule has 0 aliphatic carbocycles. The van der Waals surface area contributed by atoms with Gasteiger partial charge in [-0.2, -0.15) is 0 Å². The van der Waals surface area contributed by atoms with Crippen molar-refractivity contribution in [2.45, 2.75) is 38.8 Å². The summed E-state index contributed by atoms with van der Waals surface area (Å²) in [7, 11) is 0. The number of hydrogen-bond acceptors (Lipinski definition) is 3. The SMILES string of the molecule is Cc1cc(CN)ccc1N1CCCN2CCCC2C1. The van der Waals surface area contributed by atoms with Crippen LogP contribution in [0.2, 0.25) is 0 Å². The lowest BCUT2D eigenvalue weighted by molar-refractivity contribution is 0.273. The van der Waals surface area contributed by atoms with Gasteiger partial charge in [0.15, 0.2) is 0 Å². The average Bonchev–Trinajstić information content (AvgIpc) is 2.76. The summed E-state index contributed by atoms with van der Waals surface area (Å²) in [6.07, 6.45) is 4.04. The van der Waals surface area contributed by atoms with Gasteiger partial charge < -0.3 is 10.6 Å². The number of hydrogen-bond donors (Lipinski definition) is 1. The summed E-state index contributed by atoms with van der Waals surface area (Å²) in [6.45, 7) is 7.83. The number of fused-ring (bicyclic) bond motifs is 1. The highest BCUT2D eigenvalue weighted by Crippen LogP contribution is 2.27. The summed E-state index contributed by atoms with van der Waals surface area (Å²) in [5.41, 5.74) is 9.73. The Labute approximate surface area is 116 Å². The van der Waals surface area contributed by atoms with E-state index >= 15 is 0 Å². The molecule has 1 aromatic carbocycles. The molecular weight excluding hydrogens is 234 g/mol. The minimum atomic E-state index is 0.636. The monoisotopic (exact) mass is 259 g/mol. The quantitative estimate of drug-likeness (QED) is 0.883. The van der Waals surface area contributed by atoms with Crippen LogP contribution in [0.3, 0.4) is 0 Å². The third-order valence-electron chi connectivity index (χ3n) is 4.64. The lowest BCUT2D eigenvalue weighted by Gasteiger charge is -2.28. The average molecular weight is 259 g/mol. The molecule has 2 N–H and O–H groups in total. The molecule has 3 heteroatoms. The van der Waals surface area contributed by atoms with Crippen LogP contribution in [0.5, 0.6) is 0 Å². The molecule has 2 heterocycles. The summed E-state index contributed by atoms with van der Waals surface area (Å²) in [5, 5.41) is 0. The molecule has 19 heavy (non-hydrogen) atoms. The fraction of sp³-hybridized carbons (Fsp3) is 0.625. The first-order valence-electron chi connectivity index (χ1n) is 7.56. The van der Waals surface area contributed by atoms with Crippen molar-refractivity contribution in [2.24, 2.45) is 5.73 Å². The maximum absolute atomic E-state index is 5.72. The first kappa shape index (κ1) is 12.9. The molecule has 1 aromatic rings. The number of benzene rings is 1. The van der Waals surface area contributed by atoms with E-state index in [-0.39, 0.29) is 0 Å². The third-order valence-corrected chi connectivity index (χ3v) is 4.64. The molecule has 2 saturated heterocycles. The first-order valence-corrected chi connectivity index (χ1v) is 7.56. The van der Waals surface area contributed by atoms with Crippen LogP contribution < -0.4 is 10.6 Å². The number of rotatable bonds is 2. The van der Waals surface area contributed by atoms with Crippen molar-refractivity contribution in [3.63, 3.8) is 0 Å². The molecule has 2 fully saturated rings. The predicted molar refractivity (Wildman–Crippen MR) is 80.5 cm³/mol. The molecule has 0 spiro atoms. The smallest absolute Gasteiger partial charge is 0.0396 e. The molecular formula is C16H25N3. The van der Waals surface area contributed by atoms with E-state index in [1.165, 1.54) is 62.3 Å². The van der Waals surface area contributed by atoms with Crippen molar-refractivity contribution in [1.82, 2.24) is 4.90 Å². The van der Waals surface area contributed by atoms with Crippen LogP contribution in [0.4, 0.5) is 5.69 Å². The van der Waals surface area contributed by atoms with E-state index in [1.54, 1.807) is 0 Å². The van der Waals surface area contributed by atoms with Crippen LogP contribution in [-0.2, 0) is 6.54 Å². The van der Waals surface area contributed by atoms with Gasteiger partial charge in [0.1, 0.15) is 0 Å². The van der Waals surface area contributed by atoms with Crippen molar-refractivity contribution in [3.8, 4) is 0 Å². The largest absolute Gasteiger partial charge is 0.370 e. The van der Waals surface area contributed by atoms with E-state index < -0.39 is 0 Å². The van der Waals surface area contributed by atoms with E-state index in [0.29, 0.717) is 6.54 Å². The van der Waals surface area contributed by atoms with E-state index in [0.717, 1.165) is 6.04 Å². The number of nitrogens with two attached hydrogens (primary N) is 1. The number of anilines is 1. The molecule has 3 rings (SSSR count). The Balaban J connectivity index is 1.80.